The molecule has 4 aromatic rings. The van der Waals surface area contributed by atoms with Gasteiger partial charge in [-0.25, -0.2) is 10.2 Å². The minimum atomic E-state index is -0.722. The van der Waals surface area contributed by atoms with Crippen molar-refractivity contribution in [2.24, 2.45) is 5.10 Å². The number of rotatable bonds is 11. The summed E-state index contributed by atoms with van der Waals surface area (Å²) < 4.78 is 25.0. The van der Waals surface area contributed by atoms with Crippen LogP contribution in [0.3, 0.4) is 0 Å². The fourth-order valence-corrected chi connectivity index (χ4v) is 4.58. The minimum Gasteiger partial charge on any atom is -0.486 e. The first-order chi connectivity index (χ1) is 19.2. The highest BCUT2D eigenvalue weighted by Gasteiger charge is 2.17. The van der Waals surface area contributed by atoms with E-state index in [0.717, 1.165) is 26.2 Å². The molecule has 0 radical (unpaired) electrons. The predicted octanol–water partition coefficient (Wildman–Crippen LogP) is 5.97. The lowest BCUT2D eigenvalue weighted by Gasteiger charge is -2.14. The molecule has 1 amide bonds. The van der Waals surface area contributed by atoms with Gasteiger partial charge in [0.15, 0.2) is 11.9 Å². The number of hydrogen-bond acceptors (Lipinski definition) is 7. The zero-order chi connectivity index (χ0) is 28.6. The van der Waals surface area contributed by atoms with Crippen LogP contribution in [-0.2, 0) is 16.1 Å². The number of nitrogens with one attached hydrogen (secondary N) is 1. The molecular weight excluding hydrogens is 625 g/mol. The van der Waals surface area contributed by atoms with E-state index in [9.17, 15) is 9.59 Å². The van der Waals surface area contributed by atoms with E-state index in [0.29, 0.717) is 23.9 Å². The molecule has 1 atom stereocenters. The number of benzene rings is 2. The normalized spacial score (nSPS) is 11.8. The first kappa shape index (κ1) is 28.9. The topological polar surface area (TPSA) is 104 Å². The number of carbonyl (C=O) groups excluding carboxylic acids is 2. The molecule has 208 valence electrons. The standard InChI is InChI=1S/C30H30IN3O6/c1-5-37-30(36)21(4)39-27-14-8-22(16-26(27)31)17-32-33-29(35)28-15-13-25(40-28)18-38-24-11-9-23(10-12-24)34-19(2)6-7-20(34)3/h6-17,21H,5,18H2,1-4H3,(H,33,35)/b32-17+/t21-/m0/s1. The van der Waals surface area contributed by atoms with Crippen molar-refractivity contribution >= 4 is 40.7 Å². The summed E-state index contributed by atoms with van der Waals surface area (Å²) >= 11 is 2.11. The predicted molar refractivity (Wildman–Crippen MR) is 159 cm³/mol. The third kappa shape index (κ3) is 7.32. The van der Waals surface area contributed by atoms with Crippen LogP contribution in [0.2, 0.25) is 0 Å². The van der Waals surface area contributed by atoms with E-state index < -0.39 is 18.0 Å². The highest BCUT2D eigenvalue weighted by Crippen LogP contribution is 2.23. The van der Waals surface area contributed by atoms with Crippen LogP contribution in [0.25, 0.3) is 5.69 Å². The molecule has 0 aliphatic carbocycles. The molecule has 0 saturated heterocycles. The number of esters is 1. The van der Waals surface area contributed by atoms with Gasteiger partial charge < -0.3 is 23.2 Å². The molecule has 0 aliphatic heterocycles. The highest BCUT2D eigenvalue weighted by molar-refractivity contribution is 14.1. The van der Waals surface area contributed by atoms with Crippen LogP contribution in [0.1, 0.15) is 47.1 Å². The van der Waals surface area contributed by atoms with Gasteiger partial charge in [0.25, 0.3) is 0 Å². The zero-order valence-electron chi connectivity index (χ0n) is 22.6. The summed E-state index contributed by atoms with van der Waals surface area (Å²) in [5.41, 5.74) is 6.59. The number of aryl methyl sites for hydroxylation is 2. The summed E-state index contributed by atoms with van der Waals surface area (Å²) in [6.45, 7) is 7.99. The molecule has 0 spiro atoms. The molecule has 2 aromatic carbocycles. The average Bonchev–Trinajstić information content (AvgIpc) is 3.55. The summed E-state index contributed by atoms with van der Waals surface area (Å²) in [6.07, 6.45) is 0.784. The number of halogens is 1. The second-order valence-electron chi connectivity index (χ2n) is 8.90. The molecule has 9 nitrogen and oxygen atoms in total. The number of aromatic nitrogens is 1. The lowest BCUT2D eigenvalue weighted by molar-refractivity contribution is -0.150. The Morgan fingerprint density at radius 1 is 1.05 bits per heavy atom. The summed E-state index contributed by atoms with van der Waals surface area (Å²) in [5, 5.41) is 4.01. The molecule has 0 bridgehead atoms. The smallest absolute Gasteiger partial charge is 0.347 e. The molecule has 2 aromatic heterocycles. The van der Waals surface area contributed by atoms with Crippen LogP contribution in [0, 0.1) is 17.4 Å². The maximum Gasteiger partial charge on any atom is 0.347 e. The molecular formula is C30H30IN3O6. The number of nitrogens with zero attached hydrogens (tertiary/aromatic N) is 2. The van der Waals surface area contributed by atoms with E-state index in [1.807, 2.05) is 30.3 Å². The van der Waals surface area contributed by atoms with Gasteiger partial charge in [-0.1, -0.05) is 0 Å². The van der Waals surface area contributed by atoms with Crippen LogP contribution in [0.5, 0.6) is 11.5 Å². The number of furan rings is 1. The molecule has 0 unspecified atom stereocenters. The average molecular weight is 655 g/mol. The lowest BCUT2D eigenvalue weighted by atomic mass is 10.2. The summed E-state index contributed by atoms with van der Waals surface area (Å²) in [7, 11) is 0. The van der Waals surface area contributed by atoms with Gasteiger partial charge in [-0.2, -0.15) is 5.10 Å². The molecule has 40 heavy (non-hydrogen) atoms. The Kier molecular flexibility index (Phi) is 9.65. The van der Waals surface area contributed by atoms with Gasteiger partial charge in [-0.15, -0.1) is 0 Å². The van der Waals surface area contributed by atoms with Gasteiger partial charge in [-0.3, -0.25) is 4.79 Å². The summed E-state index contributed by atoms with van der Waals surface area (Å²) in [5.74, 6) is 0.969. The number of carbonyl (C=O) groups is 2. The van der Waals surface area contributed by atoms with Crippen molar-refractivity contribution in [1.82, 2.24) is 9.99 Å². The van der Waals surface area contributed by atoms with E-state index in [1.165, 1.54) is 6.21 Å². The van der Waals surface area contributed by atoms with Crippen molar-refractivity contribution in [1.29, 1.82) is 0 Å². The first-order valence-corrected chi connectivity index (χ1v) is 13.8. The molecule has 4 rings (SSSR count). The second kappa shape index (κ2) is 13.3. The van der Waals surface area contributed by atoms with Gasteiger partial charge in [0.2, 0.25) is 0 Å². The van der Waals surface area contributed by atoms with Crippen LogP contribution < -0.4 is 14.9 Å². The second-order valence-corrected chi connectivity index (χ2v) is 10.1. The fraction of sp³-hybridized carbons (Fsp3) is 0.233. The molecule has 0 aliphatic rings. The van der Waals surface area contributed by atoms with Crippen molar-refractivity contribution < 1.29 is 28.2 Å². The molecule has 2 heterocycles. The van der Waals surface area contributed by atoms with Crippen LogP contribution in [0.4, 0.5) is 0 Å². The minimum absolute atomic E-state index is 0.121. The number of hydrazone groups is 1. The van der Waals surface area contributed by atoms with Crippen molar-refractivity contribution in [2.45, 2.75) is 40.4 Å². The maximum absolute atomic E-state index is 12.5. The van der Waals surface area contributed by atoms with E-state index in [1.54, 1.807) is 38.1 Å². The van der Waals surface area contributed by atoms with E-state index >= 15 is 0 Å². The Bertz CT molecular complexity index is 1490. The van der Waals surface area contributed by atoms with Crippen molar-refractivity contribution in [3.63, 3.8) is 0 Å². The molecule has 1 N–H and O–H groups in total. The largest absolute Gasteiger partial charge is 0.486 e. The Morgan fingerprint density at radius 2 is 1.77 bits per heavy atom. The highest BCUT2D eigenvalue weighted by atomic mass is 127. The monoisotopic (exact) mass is 655 g/mol. The number of amides is 1. The number of hydrogen-bond donors (Lipinski definition) is 1. The maximum atomic E-state index is 12.5. The molecule has 10 heteroatoms. The SMILES string of the molecule is CCOC(=O)[C@H](C)Oc1ccc(/C=N/NC(=O)c2ccc(COc3ccc(-n4c(C)ccc4C)cc3)o2)cc1I. The van der Waals surface area contributed by atoms with E-state index in [4.69, 9.17) is 18.6 Å². The Labute approximate surface area is 246 Å². The van der Waals surface area contributed by atoms with Gasteiger partial charge in [0, 0.05) is 17.1 Å². The van der Waals surface area contributed by atoms with Crippen LogP contribution in [-0.4, -0.2) is 35.4 Å². The summed E-state index contributed by atoms with van der Waals surface area (Å²) in [6, 6.07) is 20.6. The summed E-state index contributed by atoms with van der Waals surface area (Å²) in [4.78, 5) is 24.3. The van der Waals surface area contributed by atoms with Crippen molar-refractivity contribution in [2.75, 3.05) is 6.61 Å². The Morgan fingerprint density at radius 3 is 2.45 bits per heavy atom. The van der Waals surface area contributed by atoms with Gasteiger partial charge in [0.05, 0.1) is 16.4 Å². The Balaban J connectivity index is 1.27. The third-order valence-electron chi connectivity index (χ3n) is 5.89. The molecule has 0 fully saturated rings. The van der Waals surface area contributed by atoms with E-state index in [-0.39, 0.29) is 12.4 Å². The number of ether oxygens (including phenoxy) is 3. The fourth-order valence-electron chi connectivity index (χ4n) is 3.91. The van der Waals surface area contributed by atoms with E-state index in [2.05, 4.69) is 63.7 Å². The quantitative estimate of drug-likeness (QED) is 0.0926. The van der Waals surface area contributed by atoms with Crippen LogP contribution >= 0.6 is 22.6 Å². The van der Waals surface area contributed by atoms with Gasteiger partial charge in [0.1, 0.15) is 23.9 Å². The van der Waals surface area contributed by atoms with Gasteiger partial charge >= 0.3 is 11.9 Å². The zero-order valence-corrected chi connectivity index (χ0v) is 24.8. The lowest BCUT2D eigenvalue weighted by Crippen LogP contribution is -2.26. The third-order valence-corrected chi connectivity index (χ3v) is 6.73. The van der Waals surface area contributed by atoms with Crippen molar-refractivity contribution in [3.8, 4) is 17.2 Å². The Hall–Kier alpha value is -4.06. The van der Waals surface area contributed by atoms with Gasteiger partial charge in [-0.05, 0) is 123 Å². The molecule has 0 saturated carbocycles. The van der Waals surface area contributed by atoms with Crippen LogP contribution in [0.15, 0.2) is 76.2 Å². The first-order valence-electron chi connectivity index (χ1n) is 12.7. The van der Waals surface area contributed by atoms with Crippen molar-refractivity contribution in [3.05, 3.63) is 98.8 Å².